The molecule has 7 heteroatoms. The molecule has 0 atom stereocenters. The van der Waals surface area contributed by atoms with Crippen LogP contribution in [0.15, 0.2) is 6.07 Å². The number of aromatic nitrogens is 2. The molecule has 1 aromatic rings. The van der Waals surface area contributed by atoms with Crippen molar-refractivity contribution in [2.24, 2.45) is 7.05 Å². The van der Waals surface area contributed by atoms with Crippen LogP contribution in [0.2, 0.25) is 0 Å². The Morgan fingerprint density at radius 1 is 1.44 bits per heavy atom. The summed E-state index contributed by atoms with van der Waals surface area (Å²) in [7, 11) is 1.71. The molecule has 0 aliphatic heterocycles. The summed E-state index contributed by atoms with van der Waals surface area (Å²) in [6.07, 6.45) is -3.52. The van der Waals surface area contributed by atoms with Crippen LogP contribution in [0.25, 0.3) is 0 Å². The Morgan fingerprint density at radius 3 is 2.56 bits per heavy atom. The molecule has 0 fully saturated rings. The molecule has 0 spiro atoms. The van der Waals surface area contributed by atoms with E-state index in [1.165, 1.54) is 0 Å². The van der Waals surface area contributed by atoms with Crippen LogP contribution in [-0.2, 0) is 20.0 Å². The van der Waals surface area contributed by atoms with Crippen molar-refractivity contribution in [3.63, 3.8) is 0 Å². The number of nitrogens with zero attached hydrogens (tertiary/aromatic N) is 3. The number of rotatable bonds is 6. The first-order chi connectivity index (χ1) is 8.35. The number of aliphatic hydroxyl groups is 1. The largest absolute Gasteiger partial charge is 0.401 e. The summed E-state index contributed by atoms with van der Waals surface area (Å²) in [5.74, 6) is 0. The standard InChI is InChI=1S/C11H18F3N3O/c1-3-9-6-10(16(2)15-9)7-17(4-5-18)8-11(12,13)14/h6,18H,3-5,7-8H2,1-2H3. The number of halogens is 3. The quantitative estimate of drug-likeness (QED) is 0.844. The highest BCUT2D eigenvalue weighted by molar-refractivity contribution is 5.10. The van der Waals surface area contributed by atoms with Crippen LogP contribution in [0, 0.1) is 0 Å². The van der Waals surface area contributed by atoms with Gasteiger partial charge in [0.05, 0.1) is 24.5 Å². The Bertz CT molecular complexity index is 376. The van der Waals surface area contributed by atoms with Crippen molar-refractivity contribution in [1.82, 2.24) is 14.7 Å². The zero-order chi connectivity index (χ0) is 13.8. The van der Waals surface area contributed by atoms with Crippen molar-refractivity contribution in [2.45, 2.75) is 26.1 Å². The van der Waals surface area contributed by atoms with Crippen molar-refractivity contribution in [1.29, 1.82) is 0 Å². The van der Waals surface area contributed by atoms with E-state index in [1.807, 2.05) is 6.92 Å². The first kappa shape index (κ1) is 15.0. The van der Waals surface area contributed by atoms with Crippen LogP contribution in [0.5, 0.6) is 0 Å². The lowest BCUT2D eigenvalue weighted by Gasteiger charge is -2.22. The summed E-state index contributed by atoms with van der Waals surface area (Å²) in [4.78, 5) is 1.16. The molecule has 0 unspecified atom stereocenters. The zero-order valence-corrected chi connectivity index (χ0v) is 10.5. The van der Waals surface area contributed by atoms with Crippen molar-refractivity contribution < 1.29 is 18.3 Å². The van der Waals surface area contributed by atoms with Gasteiger partial charge in [0.2, 0.25) is 0 Å². The van der Waals surface area contributed by atoms with Gasteiger partial charge in [0, 0.05) is 20.1 Å². The molecule has 4 nitrogen and oxygen atoms in total. The average molecular weight is 265 g/mol. The monoisotopic (exact) mass is 265 g/mol. The lowest BCUT2D eigenvalue weighted by molar-refractivity contribution is -0.148. The Morgan fingerprint density at radius 2 is 2.11 bits per heavy atom. The van der Waals surface area contributed by atoms with Crippen LogP contribution >= 0.6 is 0 Å². The SMILES string of the molecule is CCc1cc(CN(CCO)CC(F)(F)F)n(C)n1. The van der Waals surface area contributed by atoms with E-state index in [4.69, 9.17) is 5.11 Å². The van der Waals surface area contributed by atoms with E-state index in [9.17, 15) is 13.2 Å². The third-order valence-electron chi connectivity index (χ3n) is 2.59. The van der Waals surface area contributed by atoms with Crippen LogP contribution in [-0.4, -0.2) is 45.7 Å². The fourth-order valence-corrected chi connectivity index (χ4v) is 1.73. The molecule has 0 aromatic carbocycles. The second kappa shape index (κ2) is 6.19. The van der Waals surface area contributed by atoms with Gasteiger partial charge in [-0.1, -0.05) is 6.92 Å². The Labute approximate surface area is 104 Å². The summed E-state index contributed by atoms with van der Waals surface area (Å²) in [5, 5.41) is 13.0. The molecule has 18 heavy (non-hydrogen) atoms. The lowest BCUT2D eigenvalue weighted by Crippen LogP contribution is -2.36. The molecule has 0 aliphatic rings. The highest BCUT2D eigenvalue weighted by Gasteiger charge is 2.30. The minimum absolute atomic E-state index is 0.00779. The van der Waals surface area contributed by atoms with Gasteiger partial charge in [-0.2, -0.15) is 18.3 Å². The predicted molar refractivity (Wildman–Crippen MR) is 61.0 cm³/mol. The van der Waals surface area contributed by atoms with E-state index in [1.54, 1.807) is 17.8 Å². The van der Waals surface area contributed by atoms with E-state index in [2.05, 4.69) is 5.10 Å². The third kappa shape index (κ3) is 4.66. The summed E-state index contributed by atoms with van der Waals surface area (Å²) < 4.78 is 38.7. The van der Waals surface area contributed by atoms with Crippen LogP contribution in [0.4, 0.5) is 13.2 Å². The Balaban J connectivity index is 2.72. The van der Waals surface area contributed by atoms with Crippen molar-refractivity contribution in [2.75, 3.05) is 19.7 Å². The minimum atomic E-state index is -4.26. The first-order valence-electron chi connectivity index (χ1n) is 5.77. The highest BCUT2D eigenvalue weighted by Crippen LogP contribution is 2.18. The first-order valence-corrected chi connectivity index (χ1v) is 5.77. The van der Waals surface area contributed by atoms with Gasteiger partial charge < -0.3 is 5.11 Å². The Hall–Kier alpha value is -1.08. The molecule has 104 valence electrons. The van der Waals surface area contributed by atoms with Crippen LogP contribution in [0.1, 0.15) is 18.3 Å². The molecule has 0 aliphatic carbocycles. The molecule has 1 rings (SSSR count). The van der Waals surface area contributed by atoms with Crippen molar-refractivity contribution >= 4 is 0 Å². The maximum absolute atomic E-state index is 12.4. The molecule has 0 saturated heterocycles. The maximum atomic E-state index is 12.4. The smallest absolute Gasteiger partial charge is 0.395 e. The summed E-state index contributed by atoms with van der Waals surface area (Å²) >= 11 is 0. The van der Waals surface area contributed by atoms with Gasteiger partial charge in [-0.05, 0) is 12.5 Å². The number of aryl methyl sites for hydroxylation is 2. The summed E-state index contributed by atoms with van der Waals surface area (Å²) in [5.41, 5.74) is 1.56. The second-order valence-corrected chi connectivity index (χ2v) is 4.15. The number of aliphatic hydroxyl groups excluding tert-OH is 1. The predicted octanol–water partition coefficient (Wildman–Crippen LogP) is 1.34. The molecule has 1 N–H and O–H groups in total. The minimum Gasteiger partial charge on any atom is -0.395 e. The van der Waals surface area contributed by atoms with Gasteiger partial charge in [0.25, 0.3) is 0 Å². The number of hydrogen-bond acceptors (Lipinski definition) is 3. The van der Waals surface area contributed by atoms with Gasteiger partial charge in [-0.3, -0.25) is 9.58 Å². The van der Waals surface area contributed by atoms with E-state index >= 15 is 0 Å². The molecular formula is C11H18F3N3O. The molecule has 0 saturated carbocycles. The fraction of sp³-hybridized carbons (Fsp3) is 0.727. The number of hydrogen-bond donors (Lipinski definition) is 1. The Kier molecular flexibility index (Phi) is 5.15. The van der Waals surface area contributed by atoms with Gasteiger partial charge in [-0.25, -0.2) is 0 Å². The average Bonchev–Trinajstić information content (AvgIpc) is 2.58. The molecule has 0 bridgehead atoms. The molecule has 0 radical (unpaired) electrons. The molecule has 1 aromatic heterocycles. The topological polar surface area (TPSA) is 41.3 Å². The second-order valence-electron chi connectivity index (χ2n) is 4.15. The summed E-state index contributed by atoms with van der Waals surface area (Å²) in [6, 6.07) is 1.79. The zero-order valence-electron chi connectivity index (χ0n) is 10.5. The normalized spacial score (nSPS) is 12.4. The number of alkyl halides is 3. The van der Waals surface area contributed by atoms with Crippen LogP contribution in [0.3, 0.4) is 0 Å². The van der Waals surface area contributed by atoms with E-state index in [0.717, 1.165) is 17.0 Å². The molecular weight excluding hydrogens is 247 g/mol. The van der Waals surface area contributed by atoms with Gasteiger partial charge in [-0.15, -0.1) is 0 Å². The van der Waals surface area contributed by atoms with Gasteiger partial charge >= 0.3 is 6.18 Å². The van der Waals surface area contributed by atoms with Crippen LogP contribution < -0.4 is 0 Å². The van der Waals surface area contributed by atoms with E-state index < -0.39 is 12.7 Å². The third-order valence-corrected chi connectivity index (χ3v) is 2.59. The van der Waals surface area contributed by atoms with Gasteiger partial charge in [0.1, 0.15) is 0 Å². The van der Waals surface area contributed by atoms with E-state index in [-0.39, 0.29) is 19.7 Å². The summed E-state index contributed by atoms with van der Waals surface area (Å²) in [6.45, 7) is 0.734. The lowest BCUT2D eigenvalue weighted by atomic mass is 10.3. The maximum Gasteiger partial charge on any atom is 0.401 e. The van der Waals surface area contributed by atoms with E-state index in [0.29, 0.717) is 5.69 Å². The molecule has 0 amide bonds. The molecule has 1 heterocycles. The fourth-order valence-electron chi connectivity index (χ4n) is 1.73. The van der Waals surface area contributed by atoms with Crippen molar-refractivity contribution in [3.05, 3.63) is 17.5 Å². The van der Waals surface area contributed by atoms with Crippen molar-refractivity contribution in [3.8, 4) is 0 Å². The van der Waals surface area contributed by atoms with Gasteiger partial charge in [0.15, 0.2) is 0 Å². The highest BCUT2D eigenvalue weighted by atomic mass is 19.4.